The van der Waals surface area contributed by atoms with Crippen LogP contribution in [0.4, 0.5) is 10.6 Å². The van der Waals surface area contributed by atoms with Gasteiger partial charge in [-0.15, -0.1) is 0 Å². The maximum atomic E-state index is 14.5. The van der Waals surface area contributed by atoms with Crippen LogP contribution in [-0.2, 0) is 13.3 Å². The van der Waals surface area contributed by atoms with E-state index in [2.05, 4.69) is 52.0 Å². The van der Waals surface area contributed by atoms with E-state index in [1.54, 1.807) is 23.3 Å². The number of aryl methyl sites for hydroxylation is 1. The third-order valence-electron chi connectivity index (χ3n) is 10.9. The summed E-state index contributed by atoms with van der Waals surface area (Å²) in [6, 6.07) is 10.7. The molecular formula is C40H54IN4O5S-. The van der Waals surface area contributed by atoms with E-state index in [-0.39, 0.29) is 29.4 Å². The number of anilines is 1. The van der Waals surface area contributed by atoms with E-state index in [1.807, 2.05) is 23.4 Å². The van der Waals surface area contributed by atoms with Crippen molar-refractivity contribution in [2.75, 3.05) is 31.6 Å². The second kappa shape index (κ2) is 16.9. The van der Waals surface area contributed by atoms with Crippen molar-refractivity contribution in [1.29, 1.82) is 0 Å². The molecule has 2 saturated carbocycles. The molecule has 0 atom stereocenters. The molecular weight excluding hydrogens is 775 g/mol. The number of thiazole rings is 1. The molecule has 0 unspecified atom stereocenters. The summed E-state index contributed by atoms with van der Waals surface area (Å²) >= 11 is 0.947. The number of hydrogen-bond acceptors (Lipinski definition) is 8. The van der Waals surface area contributed by atoms with Crippen molar-refractivity contribution >= 4 is 29.2 Å². The number of pyridine rings is 1. The number of piperidine rings is 1. The van der Waals surface area contributed by atoms with E-state index in [0.29, 0.717) is 48.2 Å². The van der Waals surface area contributed by atoms with E-state index in [9.17, 15) is 14.7 Å². The molecule has 9 nitrogen and oxygen atoms in total. The number of benzene rings is 1. The number of carbonyl (C=O) groups excluding carboxylic acids is 2. The zero-order valence-corrected chi connectivity index (χ0v) is 33.7. The summed E-state index contributed by atoms with van der Waals surface area (Å²) in [5, 5.41) is 10.9. The fraction of sp³-hybridized carbons (Fsp3) is 0.600. The van der Waals surface area contributed by atoms with Gasteiger partial charge >= 0.3 is 245 Å². The number of methoxy groups -OCH3 is 1. The van der Waals surface area contributed by atoms with Crippen LogP contribution in [0.2, 0.25) is 0 Å². The summed E-state index contributed by atoms with van der Waals surface area (Å²) in [5.41, 5.74) is 3.57. The van der Waals surface area contributed by atoms with Gasteiger partial charge < -0.3 is 4.74 Å². The number of amides is 2. The Labute approximate surface area is 318 Å². The predicted octanol–water partition coefficient (Wildman–Crippen LogP) is 5.28. The van der Waals surface area contributed by atoms with Crippen LogP contribution in [0.25, 0.3) is 10.4 Å². The third kappa shape index (κ3) is 9.62. The summed E-state index contributed by atoms with van der Waals surface area (Å²) < 4.78 is 11.7. The molecule has 3 heterocycles. The van der Waals surface area contributed by atoms with Gasteiger partial charge in [0.2, 0.25) is 0 Å². The largest absolute Gasteiger partial charge is 0.0521 e. The molecule has 2 aliphatic carbocycles. The zero-order valence-electron chi connectivity index (χ0n) is 30.8. The van der Waals surface area contributed by atoms with E-state index < -0.39 is 21.6 Å². The molecule has 2 aromatic heterocycles. The van der Waals surface area contributed by atoms with E-state index in [1.165, 1.54) is 11.1 Å². The van der Waals surface area contributed by atoms with Gasteiger partial charge in [0.15, 0.2) is 0 Å². The monoisotopic (exact) mass is 829 g/mol. The van der Waals surface area contributed by atoms with Gasteiger partial charge in [0.05, 0.1) is 7.11 Å². The Kier molecular flexibility index (Phi) is 12.6. The van der Waals surface area contributed by atoms with Gasteiger partial charge in [0, 0.05) is 5.41 Å². The van der Waals surface area contributed by atoms with Crippen molar-refractivity contribution in [3.05, 3.63) is 58.9 Å². The number of aromatic nitrogens is 2. The number of aliphatic hydroxyl groups is 1. The number of aliphatic hydroxyl groups excluding tert-OH is 1. The van der Waals surface area contributed by atoms with Crippen molar-refractivity contribution in [3.63, 3.8) is 0 Å². The molecule has 0 radical (unpaired) electrons. The van der Waals surface area contributed by atoms with Gasteiger partial charge in [-0.1, -0.05) is 32.9 Å². The predicted molar refractivity (Wildman–Crippen MR) is 198 cm³/mol. The maximum absolute atomic E-state index is 14.5. The van der Waals surface area contributed by atoms with Crippen molar-refractivity contribution < 1.29 is 44.1 Å². The minimum absolute atomic E-state index is 0.0271. The normalized spacial score (nSPS) is 23.2. The summed E-state index contributed by atoms with van der Waals surface area (Å²) in [4.78, 5) is 41.5. The van der Waals surface area contributed by atoms with Crippen LogP contribution in [0.15, 0.2) is 42.7 Å². The fourth-order valence-corrected chi connectivity index (χ4v) is 10.7. The van der Waals surface area contributed by atoms with E-state index in [4.69, 9.17) is 17.8 Å². The first-order valence-electron chi connectivity index (χ1n) is 18.6. The molecule has 3 aromatic rings. The van der Waals surface area contributed by atoms with Gasteiger partial charge in [-0.05, 0) is 18.6 Å². The molecule has 1 saturated heterocycles. The maximum Gasteiger partial charge on any atom is -0.00873 e. The second-order valence-electron chi connectivity index (χ2n) is 15.7. The molecule has 2 amide bonds. The summed E-state index contributed by atoms with van der Waals surface area (Å²) in [6.45, 7) is 10.4. The quantitative estimate of drug-likeness (QED) is 0.231. The van der Waals surface area contributed by atoms with Gasteiger partial charge in [-0.3, -0.25) is 0 Å². The van der Waals surface area contributed by atoms with Gasteiger partial charge in [0.25, 0.3) is 0 Å². The number of halogens is 1. The van der Waals surface area contributed by atoms with Crippen LogP contribution in [0.5, 0.6) is 5.75 Å². The average Bonchev–Trinajstić information content (AvgIpc) is 3.65. The van der Waals surface area contributed by atoms with E-state index >= 15 is 0 Å². The second-order valence-corrected chi connectivity index (χ2v) is 19.4. The Balaban J connectivity index is 1.12. The van der Waals surface area contributed by atoms with Crippen LogP contribution < -0.4 is 31.3 Å². The molecule has 3 aliphatic rings. The molecule has 1 aromatic carbocycles. The Morgan fingerprint density at radius 1 is 0.980 bits per heavy atom. The van der Waals surface area contributed by atoms with E-state index in [0.717, 1.165) is 78.4 Å². The first-order valence-corrected chi connectivity index (χ1v) is 21.6. The smallest absolute Gasteiger partial charge is 0.00873 e. The van der Waals surface area contributed by atoms with Crippen LogP contribution in [0.3, 0.4) is 0 Å². The molecule has 1 aliphatic heterocycles. The number of carbonyl (C=O) groups is 2. The number of likely N-dealkylation sites (tertiary alicyclic amines) is 1. The molecule has 278 valence electrons. The van der Waals surface area contributed by atoms with Crippen molar-refractivity contribution in [2.45, 2.75) is 113 Å². The minimum atomic E-state index is -0.759. The first-order chi connectivity index (χ1) is 24.5. The third-order valence-corrected chi connectivity index (χ3v) is 14.9. The van der Waals surface area contributed by atoms with Crippen molar-refractivity contribution in [3.8, 4) is 16.2 Å². The molecule has 3 fully saturated rings. The summed E-state index contributed by atoms with van der Waals surface area (Å²) in [7, 11) is 1.72. The Morgan fingerprint density at radius 2 is 1.71 bits per heavy atom. The van der Waals surface area contributed by atoms with Crippen LogP contribution >= 0.6 is 11.3 Å². The van der Waals surface area contributed by atoms with Gasteiger partial charge in [0.1, 0.15) is 5.75 Å². The Hall–Kier alpha value is -2.77. The Morgan fingerprint density at radius 3 is 2.35 bits per heavy atom. The van der Waals surface area contributed by atoms with Crippen LogP contribution in [-0.4, -0.2) is 68.7 Å². The SMILES string of the molecule is COc1ccc(C2CCC(CN(C(=O)C3CCC([I-]OC(=O)N4CCC(O)CC4)CC3)c3cc(-c4cnc(C(C)(C)C)s4)ccn3)CC2)cc1C. The fourth-order valence-electron chi connectivity index (χ4n) is 7.67. The first kappa shape index (κ1) is 38.0. The molecule has 51 heavy (non-hydrogen) atoms. The molecule has 6 rings (SSSR count). The van der Waals surface area contributed by atoms with Crippen LogP contribution in [0, 0.1) is 18.8 Å². The summed E-state index contributed by atoms with van der Waals surface area (Å²) in [5.74, 6) is 2.70. The molecule has 0 spiro atoms. The number of rotatable bonds is 9. The van der Waals surface area contributed by atoms with Gasteiger partial charge in [-0.2, -0.15) is 0 Å². The number of alkyl halides is 1. The van der Waals surface area contributed by atoms with Crippen molar-refractivity contribution in [2.24, 2.45) is 11.8 Å². The molecule has 11 heteroatoms. The minimum Gasteiger partial charge on any atom is -0.0521 e. The number of ether oxygens (including phenoxy) is 1. The summed E-state index contributed by atoms with van der Waals surface area (Å²) in [6.07, 6.45) is 12.2. The molecule has 0 bridgehead atoms. The van der Waals surface area contributed by atoms with Gasteiger partial charge in [-0.25, -0.2) is 0 Å². The number of nitrogens with zero attached hydrogens (tertiary/aromatic N) is 4. The topological polar surface area (TPSA) is 105 Å². The number of hydrogen-bond donors (Lipinski definition) is 1. The standard InChI is InChI=1S/C40H54IN4O5S/c1-26-22-30(12-15-34(26)49-5)28-8-6-27(7-9-28)25-45(36-23-31(16-19-42-36)35-24-43-38(51-35)40(2,3)4)37(47)29-10-13-32(14-11-29)41-50-39(48)44-20-17-33(46)18-21-44/h12,15-16,19,22-24,27-29,32-33,46H,6-11,13-14,17-18,20-21,25H2,1-5H3/q-1. The van der Waals surface area contributed by atoms with Crippen molar-refractivity contribution in [1.82, 2.24) is 14.9 Å². The Bertz CT molecular complexity index is 1640. The zero-order chi connectivity index (χ0) is 36.1. The molecule has 1 N–H and O–H groups in total. The van der Waals surface area contributed by atoms with Crippen LogP contribution in [0.1, 0.15) is 107 Å². The average molecular weight is 830 g/mol.